The standard InChI is InChI=1S/C6H4.CH4.H3NO2S/c1-2-6-4-3-5(1)6;;1-4(2)3/h1-4H;1H4;1H2,(H,2,3)/p-1. The van der Waals surface area contributed by atoms with Crippen molar-refractivity contribution in [3.05, 3.63) is 24.3 Å². The first-order valence-electron chi connectivity index (χ1n) is 2.64. The molecule has 2 N–H and O–H groups in total. The van der Waals surface area contributed by atoms with E-state index in [1.54, 1.807) is 0 Å². The number of rotatable bonds is 0. The van der Waals surface area contributed by atoms with E-state index in [2.05, 4.69) is 29.4 Å². The molecule has 0 spiro atoms. The van der Waals surface area contributed by atoms with Crippen molar-refractivity contribution in [3.63, 3.8) is 0 Å². The van der Waals surface area contributed by atoms with Gasteiger partial charge in [-0.25, -0.2) is 0 Å². The van der Waals surface area contributed by atoms with Crippen molar-refractivity contribution >= 4 is 11.3 Å². The van der Waals surface area contributed by atoms with Gasteiger partial charge in [0.2, 0.25) is 0 Å². The van der Waals surface area contributed by atoms with Gasteiger partial charge in [-0.1, -0.05) is 31.7 Å². The fourth-order valence-corrected chi connectivity index (χ4v) is 0.663. The largest absolute Gasteiger partial charge is 0.760 e. The van der Waals surface area contributed by atoms with Crippen molar-refractivity contribution < 1.29 is 8.76 Å². The SMILES string of the molecule is C.NS(=O)[O-].c1cc2ccc1-2. The maximum atomic E-state index is 8.78. The molecule has 0 saturated heterocycles. The van der Waals surface area contributed by atoms with Gasteiger partial charge < -0.3 is 4.55 Å². The van der Waals surface area contributed by atoms with E-state index in [9.17, 15) is 0 Å². The van der Waals surface area contributed by atoms with E-state index in [1.807, 2.05) is 0 Å². The third-order valence-corrected chi connectivity index (χ3v) is 1.22. The Kier molecular flexibility index (Phi) is 3.95. The van der Waals surface area contributed by atoms with E-state index >= 15 is 0 Å². The molecule has 11 heavy (non-hydrogen) atoms. The summed E-state index contributed by atoms with van der Waals surface area (Å²) in [7, 11) is 0. The van der Waals surface area contributed by atoms with Crippen molar-refractivity contribution in [2.24, 2.45) is 5.14 Å². The summed E-state index contributed by atoms with van der Waals surface area (Å²) >= 11 is -2.36. The van der Waals surface area contributed by atoms with Crippen molar-refractivity contribution in [1.82, 2.24) is 0 Å². The summed E-state index contributed by atoms with van der Waals surface area (Å²) < 4.78 is 17.6. The third-order valence-electron chi connectivity index (χ3n) is 1.22. The minimum absolute atomic E-state index is 0. The van der Waals surface area contributed by atoms with Gasteiger partial charge in [-0.2, -0.15) is 0 Å². The number of nitrogens with two attached hydrogens (primary N) is 1. The topological polar surface area (TPSA) is 66.2 Å². The van der Waals surface area contributed by atoms with Crippen LogP contribution in [0.3, 0.4) is 0 Å². The van der Waals surface area contributed by atoms with Gasteiger partial charge in [-0.15, -0.1) is 0 Å². The molecule has 0 aromatic carbocycles. The van der Waals surface area contributed by atoms with Gasteiger partial charge in [-0.05, 0) is 11.1 Å². The molecule has 0 amide bonds. The summed E-state index contributed by atoms with van der Waals surface area (Å²) in [6.45, 7) is 0. The fraction of sp³-hybridized carbons (Fsp3) is 0.143. The first-order chi connectivity index (χ1) is 4.70. The predicted octanol–water partition coefficient (Wildman–Crippen LogP) is 1.04. The van der Waals surface area contributed by atoms with Crippen molar-refractivity contribution in [2.45, 2.75) is 7.43 Å². The van der Waals surface area contributed by atoms with Crippen LogP contribution in [0.1, 0.15) is 7.43 Å². The van der Waals surface area contributed by atoms with Crippen LogP contribution in [0, 0.1) is 0 Å². The second kappa shape index (κ2) is 4.23. The highest BCUT2D eigenvalue weighted by Crippen LogP contribution is 2.29. The second-order valence-corrected chi connectivity index (χ2v) is 2.36. The van der Waals surface area contributed by atoms with Gasteiger partial charge >= 0.3 is 0 Å². The molecule has 0 aromatic heterocycles. The maximum Gasteiger partial charge on any atom is 0.0152 e. The summed E-state index contributed by atoms with van der Waals surface area (Å²) in [6.07, 6.45) is 0. The van der Waals surface area contributed by atoms with Crippen LogP contribution >= 0.6 is 0 Å². The van der Waals surface area contributed by atoms with Gasteiger partial charge in [0.1, 0.15) is 0 Å². The smallest absolute Gasteiger partial charge is 0.0152 e. The zero-order valence-corrected chi connectivity index (χ0v) is 5.93. The maximum absolute atomic E-state index is 8.78. The summed E-state index contributed by atoms with van der Waals surface area (Å²) in [5.41, 5.74) is 2.85. The average molecular weight is 172 g/mol. The van der Waals surface area contributed by atoms with E-state index in [0.717, 1.165) is 0 Å². The Morgan fingerprint density at radius 3 is 1.36 bits per heavy atom. The normalized spacial score (nSPS) is 11.8. The molecular weight excluding hydrogens is 162 g/mol. The molecule has 1 unspecified atom stereocenters. The van der Waals surface area contributed by atoms with Crippen LogP contribution in [-0.2, 0) is 11.3 Å². The Hall–Kier alpha value is -0.710. The van der Waals surface area contributed by atoms with Gasteiger partial charge in [0.25, 0.3) is 0 Å². The number of hydrogen-bond donors (Lipinski definition) is 1. The Morgan fingerprint density at radius 2 is 1.36 bits per heavy atom. The van der Waals surface area contributed by atoms with E-state index in [4.69, 9.17) is 8.76 Å². The molecular formula is C7H10NO2S-. The van der Waals surface area contributed by atoms with E-state index in [-0.39, 0.29) is 7.43 Å². The Morgan fingerprint density at radius 1 is 1.18 bits per heavy atom. The molecule has 0 radical (unpaired) electrons. The minimum atomic E-state index is -2.36. The Balaban J connectivity index is 0.000000183. The van der Waals surface area contributed by atoms with Crippen LogP contribution in [0.4, 0.5) is 0 Å². The zero-order valence-electron chi connectivity index (χ0n) is 5.11. The molecule has 0 heterocycles. The molecule has 0 saturated carbocycles. The highest BCUT2D eigenvalue weighted by atomic mass is 32.2. The average Bonchev–Trinajstić information content (AvgIpc) is 1.77. The number of hydrogen-bond acceptors (Lipinski definition) is 2. The monoisotopic (exact) mass is 172 g/mol. The molecule has 1 atom stereocenters. The minimum Gasteiger partial charge on any atom is -0.760 e. The quantitative estimate of drug-likeness (QED) is 0.603. The van der Waals surface area contributed by atoms with Crippen LogP contribution in [-0.4, -0.2) is 8.76 Å². The van der Waals surface area contributed by atoms with E-state index < -0.39 is 11.3 Å². The van der Waals surface area contributed by atoms with E-state index in [0.29, 0.717) is 0 Å². The lowest BCUT2D eigenvalue weighted by atomic mass is 9.95. The molecule has 0 aliphatic heterocycles. The van der Waals surface area contributed by atoms with Gasteiger partial charge in [0.05, 0.1) is 0 Å². The van der Waals surface area contributed by atoms with Crippen LogP contribution in [0.2, 0.25) is 0 Å². The van der Waals surface area contributed by atoms with Gasteiger partial charge in [-0.3, -0.25) is 9.35 Å². The lowest BCUT2D eigenvalue weighted by molar-refractivity contribution is 0.539. The molecule has 62 valence electrons. The van der Waals surface area contributed by atoms with Crippen LogP contribution in [0.25, 0.3) is 11.1 Å². The summed E-state index contributed by atoms with van der Waals surface area (Å²) in [5.74, 6) is 0. The molecule has 0 fully saturated rings. The van der Waals surface area contributed by atoms with Crippen molar-refractivity contribution in [2.75, 3.05) is 0 Å². The molecule has 2 aliphatic rings. The molecule has 0 bridgehead atoms. The lowest BCUT2D eigenvalue weighted by Crippen LogP contribution is -1.97. The van der Waals surface area contributed by atoms with Crippen LogP contribution in [0.15, 0.2) is 24.3 Å². The molecule has 2 aliphatic carbocycles. The zero-order chi connectivity index (χ0) is 7.56. The third kappa shape index (κ3) is 2.80. The lowest BCUT2D eigenvalue weighted by Gasteiger charge is -2.10. The summed E-state index contributed by atoms with van der Waals surface area (Å²) in [4.78, 5) is 0. The van der Waals surface area contributed by atoms with E-state index in [1.165, 1.54) is 11.1 Å². The van der Waals surface area contributed by atoms with Gasteiger partial charge in [0, 0.05) is 11.3 Å². The number of benzene rings is 1. The predicted molar refractivity (Wildman–Crippen MR) is 45.3 cm³/mol. The Bertz CT molecular complexity index is 220. The molecule has 2 rings (SSSR count). The van der Waals surface area contributed by atoms with Crippen LogP contribution < -0.4 is 5.14 Å². The van der Waals surface area contributed by atoms with Gasteiger partial charge in [0.15, 0.2) is 0 Å². The summed E-state index contributed by atoms with van der Waals surface area (Å²) in [5, 5.41) is 4.03. The van der Waals surface area contributed by atoms with Crippen molar-refractivity contribution in [1.29, 1.82) is 0 Å². The molecule has 3 nitrogen and oxygen atoms in total. The summed E-state index contributed by atoms with van der Waals surface area (Å²) in [6, 6.07) is 8.48. The number of fused-ring (bicyclic) bond motifs is 1. The van der Waals surface area contributed by atoms with Crippen LogP contribution in [0.5, 0.6) is 0 Å². The first-order valence-corrected chi connectivity index (χ1v) is 3.78. The molecule has 0 aromatic rings. The highest BCUT2D eigenvalue weighted by molar-refractivity contribution is 7.76. The fourth-order valence-electron chi connectivity index (χ4n) is 0.663. The first kappa shape index (κ1) is 10.3. The Labute approximate surface area is 68.7 Å². The molecule has 4 heteroatoms. The highest BCUT2D eigenvalue weighted by Gasteiger charge is 2.03. The van der Waals surface area contributed by atoms with Crippen molar-refractivity contribution in [3.8, 4) is 11.1 Å². The second-order valence-electron chi connectivity index (χ2n) is 1.84.